The molecule has 2 atom stereocenters. The molecule has 3 aromatic rings. The number of imidazole rings is 1. The number of rotatable bonds is 8. The molecule has 7 heteroatoms. The predicted molar refractivity (Wildman–Crippen MR) is 127 cm³/mol. The second-order valence-electron chi connectivity index (χ2n) is 8.62. The number of carbonyl (C=O) groups is 2. The third-order valence-electron chi connectivity index (χ3n) is 5.95. The van der Waals surface area contributed by atoms with Crippen molar-refractivity contribution in [3.8, 4) is 5.75 Å². The number of aromatic nitrogens is 2. The Hall–Kier alpha value is -3.35. The number of hydrogen-bond donors (Lipinski definition) is 0. The second-order valence-corrected chi connectivity index (χ2v) is 8.62. The fraction of sp³-hybridized carbons (Fsp3) is 0.423. The maximum absolute atomic E-state index is 13.8. The predicted octanol–water partition coefficient (Wildman–Crippen LogP) is 4.60. The van der Waals surface area contributed by atoms with Gasteiger partial charge in [-0.05, 0) is 56.0 Å². The fourth-order valence-electron chi connectivity index (χ4n) is 4.38. The number of esters is 1. The van der Waals surface area contributed by atoms with Crippen LogP contribution >= 0.6 is 0 Å². The lowest BCUT2D eigenvalue weighted by atomic mass is 9.89. The highest BCUT2D eigenvalue weighted by Gasteiger charge is 2.47. The molecule has 0 aliphatic carbocycles. The summed E-state index contributed by atoms with van der Waals surface area (Å²) >= 11 is 0. The number of nitrogens with zero attached hydrogens (tertiary/aromatic N) is 3. The molecule has 0 spiro atoms. The fourth-order valence-corrected chi connectivity index (χ4v) is 4.38. The Kier molecular flexibility index (Phi) is 6.67. The van der Waals surface area contributed by atoms with E-state index >= 15 is 0 Å². The van der Waals surface area contributed by atoms with Gasteiger partial charge in [0.2, 0.25) is 11.9 Å². The molecular weight excluding hydrogens is 418 g/mol. The van der Waals surface area contributed by atoms with Gasteiger partial charge in [-0.15, -0.1) is 0 Å². The first-order chi connectivity index (χ1) is 16.0. The second kappa shape index (κ2) is 9.65. The van der Waals surface area contributed by atoms with Crippen molar-refractivity contribution in [2.24, 2.45) is 11.8 Å². The highest BCUT2D eigenvalue weighted by molar-refractivity contribution is 6.08. The van der Waals surface area contributed by atoms with Gasteiger partial charge in [-0.25, -0.2) is 4.98 Å². The maximum Gasteiger partial charge on any atom is 0.321 e. The summed E-state index contributed by atoms with van der Waals surface area (Å²) in [5.41, 5.74) is 2.50. The minimum atomic E-state index is -1.000. The van der Waals surface area contributed by atoms with Crippen LogP contribution in [0.2, 0.25) is 0 Å². The van der Waals surface area contributed by atoms with Crippen LogP contribution in [0, 0.1) is 11.8 Å². The Morgan fingerprint density at radius 1 is 1.06 bits per heavy atom. The van der Waals surface area contributed by atoms with Crippen molar-refractivity contribution in [2.75, 3.05) is 24.7 Å². The Labute approximate surface area is 194 Å². The summed E-state index contributed by atoms with van der Waals surface area (Å²) in [6.07, 6.45) is 0.804. The number of hydrogen-bond acceptors (Lipinski definition) is 5. The summed E-state index contributed by atoms with van der Waals surface area (Å²) < 4.78 is 13.0. The van der Waals surface area contributed by atoms with Gasteiger partial charge in [0.15, 0.2) is 5.92 Å². The van der Waals surface area contributed by atoms with Crippen LogP contribution in [0.5, 0.6) is 5.75 Å². The zero-order valence-corrected chi connectivity index (χ0v) is 19.7. The van der Waals surface area contributed by atoms with E-state index in [1.54, 1.807) is 11.8 Å². The van der Waals surface area contributed by atoms with Gasteiger partial charge in [-0.1, -0.05) is 38.1 Å². The van der Waals surface area contributed by atoms with Crippen molar-refractivity contribution >= 4 is 28.9 Å². The lowest BCUT2D eigenvalue weighted by Gasteiger charge is -2.38. The minimum absolute atomic E-state index is 0.210. The Balaban J connectivity index is 1.91. The van der Waals surface area contributed by atoms with Crippen molar-refractivity contribution in [1.82, 2.24) is 9.55 Å². The first kappa shape index (κ1) is 22.8. The summed E-state index contributed by atoms with van der Waals surface area (Å²) in [7, 11) is 0. The summed E-state index contributed by atoms with van der Waals surface area (Å²) in [5.74, 6) is -0.0672. The molecule has 0 unspecified atom stereocenters. The Morgan fingerprint density at radius 2 is 1.79 bits per heavy atom. The van der Waals surface area contributed by atoms with Gasteiger partial charge in [0.25, 0.3) is 0 Å². The van der Waals surface area contributed by atoms with Crippen LogP contribution in [-0.4, -0.2) is 41.2 Å². The van der Waals surface area contributed by atoms with Gasteiger partial charge in [0.05, 0.1) is 30.3 Å². The average Bonchev–Trinajstić information content (AvgIpc) is 3.17. The van der Waals surface area contributed by atoms with Gasteiger partial charge in [-0.3, -0.25) is 14.5 Å². The molecule has 1 aliphatic heterocycles. The quantitative estimate of drug-likeness (QED) is 0.371. The first-order valence-electron chi connectivity index (χ1n) is 11.6. The molecular formula is C26H31N3O4. The van der Waals surface area contributed by atoms with E-state index in [4.69, 9.17) is 14.5 Å². The molecule has 2 aromatic carbocycles. The van der Waals surface area contributed by atoms with Crippen molar-refractivity contribution < 1.29 is 19.1 Å². The van der Waals surface area contributed by atoms with Gasteiger partial charge in [-0.2, -0.15) is 0 Å². The molecule has 1 aromatic heterocycles. The molecule has 1 amide bonds. The molecule has 1 aliphatic rings. The molecule has 0 saturated carbocycles. The van der Waals surface area contributed by atoms with Gasteiger partial charge in [0.1, 0.15) is 5.75 Å². The van der Waals surface area contributed by atoms with Crippen molar-refractivity contribution in [3.63, 3.8) is 0 Å². The van der Waals surface area contributed by atoms with Crippen molar-refractivity contribution in [1.29, 1.82) is 0 Å². The zero-order valence-electron chi connectivity index (χ0n) is 19.7. The standard InChI is InChI=1S/C26H31N3O4/c1-5-32-19-13-11-18(12-14-19)23-22(25(31)33-6-2)24(30)28(16-15-17(3)4)26-27-20-9-7-8-10-21(20)29(23)26/h7-14,17,22-23H,5-6,15-16H2,1-4H3/t22-,23-/m0/s1. The number of anilines is 1. The van der Waals surface area contributed by atoms with Crippen LogP contribution in [0.15, 0.2) is 48.5 Å². The van der Waals surface area contributed by atoms with E-state index in [-0.39, 0.29) is 12.5 Å². The monoisotopic (exact) mass is 449 g/mol. The van der Waals surface area contributed by atoms with Crippen LogP contribution < -0.4 is 9.64 Å². The van der Waals surface area contributed by atoms with E-state index < -0.39 is 17.9 Å². The SMILES string of the molecule is CCOC(=O)[C@@H]1C(=O)N(CCC(C)C)c2nc3ccccc3n2[C@H]1c1ccc(OCC)cc1. The lowest BCUT2D eigenvalue weighted by molar-refractivity contribution is -0.153. The topological polar surface area (TPSA) is 73.7 Å². The summed E-state index contributed by atoms with van der Waals surface area (Å²) in [6.45, 7) is 9.18. The Bertz CT molecular complexity index is 1140. The van der Waals surface area contributed by atoms with Crippen LogP contribution in [-0.2, 0) is 14.3 Å². The third-order valence-corrected chi connectivity index (χ3v) is 5.95. The smallest absolute Gasteiger partial charge is 0.321 e. The summed E-state index contributed by atoms with van der Waals surface area (Å²) in [4.78, 5) is 33.5. The molecule has 33 heavy (non-hydrogen) atoms. The van der Waals surface area contributed by atoms with E-state index in [1.165, 1.54) is 0 Å². The van der Waals surface area contributed by atoms with E-state index in [0.29, 0.717) is 25.0 Å². The highest BCUT2D eigenvalue weighted by Crippen LogP contribution is 2.41. The molecule has 2 heterocycles. The molecule has 4 rings (SSSR count). The van der Waals surface area contributed by atoms with Crippen LogP contribution in [0.4, 0.5) is 5.95 Å². The number of fused-ring (bicyclic) bond motifs is 3. The first-order valence-corrected chi connectivity index (χ1v) is 11.6. The lowest BCUT2D eigenvalue weighted by Crippen LogP contribution is -2.50. The molecule has 0 bridgehead atoms. The van der Waals surface area contributed by atoms with E-state index in [2.05, 4.69) is 13.8 Å². The molecule has 174 valence electrons. The van der Waals surface area contributed by atoms with Crippen LogP contribution in [0.1, 0.15) is 45.7 Å². The molecule has 0 fully saturated rings. The molecule has 0 saturated heterocycles. The Morgan fingerprint density at radius 3 is 2.45 bits per heavy atom. The largest absolute Gasteiger partial charge is 0.494 e. The number of para-hydroxylation sites is 2. The molecule has 0 N–H and O–H groups in total. The van der Waals surface area contributed by atoms with Crippen LogP contribution in [0.3, 0.4) is 0 Å². The third kappa shape index (κ3) is 4.32. The highest BCUT2D eigenvalue weighted by atomic mass is 16.5. The number of carbonyl (C=O) groups excluding carboxylic acids is 2. The number of amides is 1. The van der Waals surface area contributed by atoms with Gasteiger partial charge < -0.3 is 14.0 Å². The average molecular weight is 450 g/mol. The van der Waals surface area contributed by atoms with E-state index in [9.17, 15) is 9.59 Å². The van der Waals surface area contributed by atoms with E-state index in [1.807, 2.05) is 60.0 Å². The number of benzene rings is 2. The van der Waals surface area contributed by atoms with Gasteiger partial charge >= 0.3 is 5.97 Å². The normalized spacial score (nSPS) is 18.0. The van der Waals surface area contributed by atoms with Crippen molar-refractivity contribution in [3.05, 3.63) is 54.1 Å². The molecule has 7 nitrogen and oxygen atoms in total. The maximum atomic E-state index is 13.8. The minimum Gasteiger partial charge on any atom is -0.494 e. The summed E-state index contributed by atoms with van der Waals surface area (Å²) in [6, 6.07) is 14.8. The number of ether oxygens (including phenoxy) is 2. The van der Waals surface area contributed by atoms with Crippen molar-refractivity contribution in [2.45, 2.75) is 40.2 Å². The van der Waals surface area contributed by atoms with Crippen LogP contribution in [0.25, 0.3) is 11.0 Å². The zero-order chi connectivity index (χ0) is 23.5. The summed E-state index contributed by atoms with van der Waals surface area (Å²) in [5, 5.41) is 0. The molecule has 0 radical (unpaired) electrons. The van der Waals surface area contributed by atoms with Gasteiger partial charge in [0, 0.05) is 6.54 Å². The van der Waals surface area contributed by atoms with E-state index in [0.717, 1.165) is 28.8 Å².